The molecular formula is C25H28N4O2S. The molecule has 7 heteroatoms. The van der Waals surface area contributed by atoms with E-state index >= 15 is 0 Å². The Morgan fingerprint density at radius 3 is 2.59 bits per heavy atom. The van der Waals surface area contributed by atoms with Gasteiger partial charge in [0.15, 0.2) is 10.9 Å². The highest BCUT2D eigenvalue weighted by molar-refractivity contribution is 7.99. The minimum atomic E-state index is -0.497. The maximum absolute atomic E-state index is 13.3. The predicted molar refractivity (Wildman–Crippen MR) is 127 cm³/mol. The van der Waals surface area contributed by atoms with Gasteiger partial charge in [0, 0.05) is 29.4 Å². The number of anilines is 1. The molecule has 2 aliphatic rings. The largest absolute Gasteiger partial charge is 0.343 e. The molecule has 2 heterocycles. The van der Waals surface area contributed by atoms with Gasteiger partial charge < -0.3 is 10.3 Å². The molecule has 0 radical (unpaired) electrons. The van der Waals surface area contributed by atoms with Gasteiger partial charge in [-0.05, 0) is 41.9 Å². The van der Waals surface area contributed by atoms with Crippen LogP contribution in [0.4, 0.5) is 5.82 Å². The molecule has 1 atom stereocenters. The standard InChI is InChI=1S/C25H28N4O2S/c1-14(2)9-10-32-24-28-22-21(23(31)29-24)19(16-7-5-15(13-26)6-8-16)20-17(27-22)11-25(3,4)12-18(20)30/h5-8,14,19H,9-12H2,1-4H3,(H2,27,28,29,31)/t19-/m0/s1. The first-order chi connectivity index (χ1) is 15.2. The van der Waals surface area contributed by atoms with Crippen LogP contribution in [0.2, 0.25) is 0 Å². The molecule has 1 aliphatic heterocycles. The van der Waals surface area contributed by atoms with Crippen molar-refractivity contribution in [3.63, 3.8) is 0 Å². The van der Waals surface area contributed by atoms with E-state index in [-0.39, 0.29) is 16.8 Å². The summed E-state index contributed by atoms with van der Waals surface area (Å²) in [7, 11) is 0. The van der Waals surface area contributed by atoms with Crippen molar-refractivity contribution in [2.75, 3.05) is 11.1 Å². The van der Waals surface area contributed by atoms with E-state index in [0.717, 1.165) is 23.4 Å². The molecule has 1 aromatic heterocycles. The Labute approximate surface area is 192 Å². The van der Waals surface area contributed by atoms with Crippen molar-refractivity contribution in [2.45, 2.75) is 58.0 Å². The van der Waals surface area contributed by atoms with Gasteiger partial charge in [-0.3, -0.25) is 9.59 Å². The van der Waals surface area contributed by atoms with Crippen LogP contribution < -0.4 is 10.9 Å². The third-order valence-electron chi connectivity index (χ3n) is 6.01. The van der Waals surface area contributed by atoms with Gasteiger partial charge in [-0.25, -0.2) is 4.98 Å². The fraction of sp³-hybridized carbons (Fsp3) is 0.440. The normalized spacial score (nSPS) is 19.2. The van der Waals surface area contributed by atoms with E-state index in [1.807, 2.05) is 12.1 Å². The van der Waals surface area contributed by atoms with Crippen LogP contribution in [0.15, 0.2) is 45.5 Å². The number of allylic oxidation sites excluding steroid dienone is 2. The molecule has 0 fully saturated rings. The number of benzene rings is 1. The second kappa shape index (κ2) is 8.59. The Bertz CT molecular complexity index is 1190. The number of aromatic amines is 1. The van der Waals surface area contributed by atoms with Gasteiger partial charge in [0.2, 0.25) is 0 Å². The van der Waals surface area contributed by atoms with Gasteiger partial charge in [0.05, 0.1) is 17.2 Å². The maximum Gasteiger partial charge on any atom is 0.257 e. The van der Waals surface area contributed by atoms with Gasteiger partial charge in [-0.15, -0.1) is 0 Å². The van der Waals surface area contributed by atoms with Crippen LogP contribution in [0.1, 0.15) is 69.6 Å². The lowest BCUT2D eigenvalue weighted by Crippen LogP contribution is -2.37. The van der Waals surface area contributed by atoms with Gasteiger partial charge in [0.25, 0.3) is 5.56 Å². The molecule has 0 saturated heterocycles. The lowest BCUT2D eigenvalue weighted by atomic mass is 9.69. The van der Waals surface area contributed by atoms with Crippen LogP contribution in [-0.4, -0.2) is 21.5 Å². The molecule has 6 nitrogen and oxygen atoms in total. The number of hydrogen-bond donors (Lipinski definition) is 2. The van der Waals surface area contributed by atoms with Crippen molar-refractivity contribution in [3.8, 4) is 6.07 Å². The van der Waals surface area contributed by atoms with E-state index in [1.165, 1.54) is 0 Å². The number of Topliss-reactive ketones (excluding diaryl/α,β-unsaturated/α-hetero) is 1. The summed E-state index contributed by atoms with van der Waals surface area (Å²) >= 11 is 1.54. The Hall–Kier alpha value is -2.85. The zero-order chi connectivity index (χ0) is 23.0. The van der Waals surface area contributed by atoms with Crippen LogP contribution in [0.5, 0.6) is 0 Å². The molecule has 1 aliphatic carbocycles. The van der Waals surface area contributed by atoms with E-state index in [9.17, 15) is 14.9 Å². The van der Waals surface area contributed by atoms with Crippen molar-refractivity contribution >= 4 is 23.4 Å². The molecule has 0 bridgehead atoms. The highest BCUT2D eigenvalue weighted by Crippen LogP contribution is 2.47. The van der Waals surface area contributed by atoms with Crippen LogP contribution >= 0.6 is 11.8 Å². The maximum atomic E-state index is 13.3. The zero-order valence-electron chi connectivity index (χ0n) is 18.9. The van der Waals surface area contributed by atoms with Crippen molar-refractivity contribution in [1.29, 1.82) is 5.26 Å². The van der Waals surface area contributed by atoms with E-state index in [0.29, 0.717) is 46.4 Å². The second-order valence-corrected chi connectivity index (χ2v) is 10.9. The fourth-order valence-electron chi connectivity index (χ4n) is 4.44. The molecule has 2 N–H and O–H groups in total. The number of nitriles is 1. The first-order valence-electron chi connectivity index (χ1n) is 11.0. The Morgan fingerprint density at radius 1 is 1.22 bits per heavy atom. The number of nitrogens with zero attached hydrogens (tertiary/aromatic N) is 2. The van der Waals surface area contributed by atoms with Gasteiger partial charge in [0.1, 0.15) is 5.82 Å². The summed E-state index contributed by atoms with van der Waals surface area (Å²) in [6, 6.07) is 9.25. The monoisotopic (exact) mass is 448 g/mol. The number of hydrogen-bond acceptors (Lipinski definition) is 6. The van der Waals surface area contributed by atoms with Gasteiger partial charge >= 0.3 is 0 Å². The molecule has 4 rings (SSSR count). The first-order valence-corrected chi connectivity index (χ1v) is 12.0. The van der Waals surface area contributed by atoms with Crippen LogP contribution in [0, 0.1) is 22.7 Å². The summed E-state index contributed by atoms with van der Waals surface area (Å²) in [5.41, 5.74) is 2.93. The molecule has 0 unspecified atom stereocenters. The molecule has 32 heavy (non-hydrogen) atoms. The Balaban J connectivity index is 1.83. The van der Waals surface area contributed by atoms with Gasteiger partial charge in [-0.1, -0.05) is 51.6 Å². The molecule has 0 saturated carbocycles. The van der Waals surface area contributed by atoms with Crippen molar-refractivity contribution in [1.82, 2.24) is 9.97 Å². The van der Waals surface area contributed by atoms with Gasteiger partial charge in [-0.2, -0.15) is 5.26 Å². The van der Waals surface area contributed by atoms with Crippen LogP contribution in [-0.2, 0) is 4.79 Å². The highest BCUT2D eigenvalue weighted by atomic mass is 32.2. The molecule has 0 amide bonds. The third-order valence-corrected chi connectivity index (χ3v) is 6.91. The minimum Gasteiger partial charge on any atom is -0.343 e. The summed E-state index contributed by atoms with van der Waals surface area (Å²) in [6.45, 7) is 8.51. The molecule has 166 valence electrons. The SMILES string of the molecule is CC(C)CCSc1nc2c(c(=O)[nH]1)[C@@H](c1ccc(C#N)cc1)C1=C(CC(C)(C)CC1=O)N2. The molecule has 1 aromatic carbocycles. The van der Waals surface area contributed by atoms with Crippen LogP contribution in [0.3, 0.4) is 0 Å². The lowest BCUT2D eigenvalue weighted by Gasteiger charge is -2.38. The highest BCUT2D eigenvalue weighted by Gasteiger charge is 2.42. The van der Waals surface area contributed by atoms with E-state index in [1.54, 1.807) is 23.9 Å². The molecular weight excluding hydrogens is 420 g/mol. The number of carbonyl (C=O) groups excluding carboxylic acids is 1. The summed E-state index contributed by atoms with van der Waals surface area (Å²) in [4.78, 5) is 34.2. The number of nitrogens with one attached hydrogen (secondary N) is 2. The Morgan fingerprint density at radius 2 is 1.94 bits per heavy atom. The quantitative estimate of drug-likeness (QED) is 0.494. The van der Waals surface area contributed by atoms with E-state index in [4.69, 9.17) is 4.98 Å². The number of H-pyrrole nitrogens is 1. The second-order valence-electron chi connectivity index (χ2n) is 9.79. The summed E-state index contributed by atoms with van der Waals surface area (Å²) in [6.07, 6.45) is 2.18. The van der Waals surface area contributed by atoms with E-state index in [2.05, 4.69) is 44.1 Å². The number of fused-ring (bicyclic) bond motifs is 1. The number of thioether (sulfide) groups is 1. The zero-order valence-corrected chi connectivity index (χ0v) is 19.7. The minimum absolute atomic E-state index is 0.0542. The third kappa shape index (κ3) is 4.37. The number of aromatic nitrogens is 2. The number of rotatable bonds is 5. The summed E-state index contributed by atoms with van der Waals surface area (Å²) in [5, 5.41) is 13.1. The smallest absolute Gasteiger partial charge is 0.257 e. The number of carbonyl (C=O) groups is 1. The van der Waals surface area contributed by atoms with Crippen molar-refractivity contribution < 1.29 is 4.79 Å². The van der Waals surface area contributed by atoms with Crippen molar-refractivity contribution in [3.05, 3.63) is 62.6 Å². The average Bonchev–Trinajstić information content (AvgIpc) is 2.71. The first kappa shape index (κ1) is 22.3. The van der Waals surface area contributed by atoms with E-state index < -0.39 is 5.92 Å². The summed E-state index contributed by atoms with van der Waals surface area (Å²) < 4.78 is 0. The predicted octanol–water partition coefficient (Wildman–Crippen LogP) is 4.98. The topological polar surface area (TPSA) is 98.6 Å². The molecule has 0 spiro atoms. The average molecular weight is 449 g/mol. The Kier molecular flexibility index (Phi) is 6.00. The van der Waals surface area contributed by atoms with Crippen LogP contribution in [0.25, 0.3) is 0 Å². The summed E-state index contributed by atoms with van der Waals surface area (Å²) in [5.74, 6) is 1.54. The molecule has 2 aromatic rings. The lowest BCUT2D eigenvalue weighted by molar-refractivity contribution is -0.118. The van der Waals surface area contributed by atoms with Crippen molar-refractivity contribution in [2.24, 2.45) is 11.3 Å². The fourth-order valence-corrected chi connectivity index (χ4v) is 5.54. The number of ketones is 1.